The first-order chi connectivity index (χ1) is 8.16. The maximum atomic E-state index is 12.3. The summed E-state index contributed by atoms with van der Waals surface area (Å²) in [6.45, 7) is 8.07. The Bertz CT molecular complexity index is 484. The molecule has 0 saturated carbocycles. The van der Waals surface area contributed by atoms with Gasteiger partial charge in [0.1, 0.15) is 0 Å². The maximum absolute atomic E-state index is 12.3. The fraction of sp³-hybridized carbons (Fsp3) is 0.571. The molecule has 1 rings (SSSR count). The lowest BCUT2D eigenvalue weighted by Crippen LogP contribution is -2.43. The Morgan fingerprint density at radius 3 is 2.06 bits per heavy atom. The molecule has 0 radical (unpaired) electrons. The van der Waals surface area contributed by atoms with E-state index in [0.717, 1.165) is 5.56 Å². The van der Waals surface area contributed by atoms with Gasteiger partial charge in [-0.2, -0.15) is 0 Å². The predicted molar refractivity (Wildman–Crippen MR) is 75.5 cm³/mol. The predicted octanol–water partition coefficient (Wildman–Crippen LogP) is 2.40. The molecule has 0 aliphatic rings. The molecule has 1 aromatic rings. The van der Waals surface area contributed by atoms with Gasteiger partial charge in [-0.15, -0.1) is 0 Å². The Kier molecular flexibility index (Phi) is 4.56. The van der Waals surface area contributed by atoms with Crippen molar-refractivity contribution in [2.24, 2.45) is 5.41 Å². The normalized spacial score (nSPS) is 14.5. The highest BCUT2D eigenvalue weighted by Gasteiger charge is 2.29. The quantitative estimate of drug-likeness (QED) is 0.913. The largest absolute Gasteiger partial charge is 0.315 e. The fourth-order valence-electron chi connectivity index (χ4n) is 1.83. The van der Waals surface area contributed by atoms with Gasteiger partial charge >= 0.3 is 0 Å². The summed E-state index contributed by atoms with van der Waals surface area (Å²) in [5.41, 5.74) is 0.974. The molecule has 0 amide bonds. The van der Waals surface area contributed by atoms with E-state index in [9.17, 15) is 8.42 Å². The lowest BCUT2D eigenvalue weighted by molar-refractivity contribution is 0.302. The molecule has 0 bridgehead atoms. The fourth-order valence-corrected chi connectivity index (χ4v) is 3.68. The topological polar surface area (TPSA) is 46.2 Å². The number of sulfone groups is 1. The van der Waals surface area contributed by atoms with E-state index < -0.39 is 9.84 Å². The summed E-state index contributed by atoms with van der Waals surface area (Å²) in [6.07, 6.45) is 0. The highest BCUT2D eigenvalue weighted by atomic mass is 32.2. The minimum Gasteiger partial charge on any atom is -0.315 e. The monoisotopic (exact) mass is 269 g/mol. The average Bonchev–Trinajstić information content (AvgIpc) is 2.25. The summed E-state index contributed by atoms with van der Waals surface area (Å²) in [4.78, 5) is 0.401. The van der Waals surface area contributed by atoms with Crippen molar-refractivity contribution in [3.63, 3.8) is 0 Å². The van der Waals surface area contributed by atoms with Crippen LogP contribution < -0.4 is 5.32 Å². The molecule has 1 atom stereocenters. The zero-order valence-corrected chi connectivity index (χ0v) is 12.6. The molecule has 0 heterocycles. The summed E-state index contributed by atoms with van der Waals surface area (Å²) in [7, 11) is -1.43. The van der Waals surface area contributed by atoms with Crippen molar-refractivity contribution in [3.8, 4) is 0 Å². The van der Waals surface area contributed by atoms with Crippen LogP contribution in [0.5, 0.6) is 0 Å². The molecule has 1 aromatic carbocycles. The molecule has 1 unspecified atom stereocenters. The zero-order valence-electron chi connectivity index (χ0n) is 11.8. The van der Waals surface area contributed by atoms with Crippen LogP contribution in [0.15, 0.2) is 29.2 Å². The van der Waals surface area contributed by atoms with Crippen molar-refractivity contribution >= 4 is 9.84 Å². The van der Waals surface area contributed by atoms with Gasteiger partial charge in [-0.3, -0.25) is 0 Å². The summed E-state index contributed by atoms with van der Waals surface area (Å²) >= 11 is 0. The van der Waals surface area contributed by atoms with Crippen LogP contribution in [0.3, 0.4) is 0 Å². The van der Waals surface area contributed by atoms with Crippen LogP contribution in [0.4, 0.5) is 0 Å². The lowest BCUT2D eigenvalue weighted by atomic mass is 9.88. The van der Waals surface area contributed by atoms with Crippen molar-refractivity contribution in [3.05, 3.63) is 29.8 Å². The van der Waals surface area contributed by atoms with Crippen LogP contribution >= 0.6 is 0 Å². The van der Waals surface area contributed by atoms with Crippen LogP contribution in [-0.4, -0.2) is 27.3 Å². The van der Waals surface area contributed by atoms with E-state index >= 15 is 0 Å². The Hall–Kier alpha value is -0.870. The minimum atomic E-state index is -3.23. The van der Waals surface area contributed by atoms with Crippen molar-refractivity contribution in [2.45, 2.75) is 38.6 Å². The number of aryl methyl sites for hydroxylation is 1. The Morgan fingerprint density at radius 2 is 1.67 bits per heavy atom. The van der Waals surface area contributed by atoms with Crippen molar-refractivity contribution in [1.29, 1.82) is 0 Å². The molecule has 0 fully saturated rings. The zero-order chi connectivity index (χ0) is 14.0. The van der Waals surface area contributed by atoms with Crippen molar-refractivity contribution in [1.82, 2.24) is 5.32 Å². The van der Waals surface area contributed by atoms with Crippen LogP contribution in [0.25, 0.3) is 0 Å². The highest BCUT2D eigenvalue weighted by Crippen LogP contribution is 2.23. The van der Waals surface area contributed by atoms with Crippen LogP contribution in [0, 0.1) is 12.3 Å². The molecule has 3 nitrogen and oxygen atoms in total. The number of nitrogens with one attached hydrogen (secondary N) is 1. The first-order valence-electron chi connectivity index (χ1n) is 6.13. The Labute approximate surface area is 111 Å². The average molecular weight is 269 g/mol. The number of rotatable bonds is 4. The molecule has 0 spiro atoms. The number of hydrogen-bond donors (Lipinski definition) is 1. The Morgan fingerprint density at radius 1 is 1.17 bits per heavy atom. The van der Waals surface area contributed by atoms with Crippen molar-refractivity contribution < 1.29 is 8.42 Å². The standard InChI is InChI=1S/C14H23NO2S/c1-11-6-8-12(9-7-11)18(16,17)10-13(15-5)14(2,3)4/h6-9,13,15H,10H2,1-5H3. The second-order valence-corrected chi connectivity index (χ2v) is 7.84. The summed E-state index contributed by atoms with van der Waals surface area (Å²) in [5, 5.41) is 3.10. The molecular weight excluding hydrogens is 246 g/mol. The third-order valence-corrected chi connectivity index (χ3v) is 4.92. The van der Waals surface area contributed by atoms with Gasteiger partial charge in [-0.25, -0.2) is 8.42 Å². The first kappa shape index (κ1) is 15.2. The van der Waals surface area contributed by atoms with E-state index in [0.29, 0.717) is 4.90 Å². The van der Waals surface area contributed by atoms with Crippen LogP contribution in [-0.2, 0) is 9.84 Å². The molecule has 102 valence electrons. The molecular formula is C14H23NO2S. The molecule has 0 saturated heterocycles. The van der Waals surface area contributed by atoms with Gasteiger partial charge in [0.2, 0.25) is 0 Å². The third kappa shape index (κ3) is 3.82. The van der Waals surface area contributed by atoms with Gasteiger partial charge in [-0.05, 0) is 31.5 Å². The highest BCUT2D eigenvalue weighted by molar-refractivity contribution is 7.91. The summed E-state index contributed by atoms with van der Waals surface area (Å²) in [5.74, 6) is 0.121. The molecule has 0 aliphatic carbocycles. The Balaban J connectivity index is 2.98. The molecule has 0 aromatic heterocycles. The lowest BCUT2D eigenvalue weighted by Gasteiger charge is -2.30. The van der Waals surface area contributed by atoms with E-state index in [2.05, 4.69) is 5.32 Å². The smallest absolute Gasteiger partial charge is 0.179 e. The summed E-state index contributed by atoms with van der Waals surface area (Å²) in [6, 6.07) is 6.96. The van der Waals surface area contributed by atoms with Gasteiger partial charge in [-0.1, -0.05) is 38.5 Å². The van der Waals surface area contributed by atoms with Gasteiger partial charge < -0.3 is 5.32 Å². The SMILES string of the molecule is CNC(CS(=O)(=O)c1ccc(C)cc1)C(C)(C)C. The maximum Gasteiger partial charge on any atom is 0.179 e. The van der Waals surface area contributed by atoms with E-state index in [1.807, 2.05) is 39.8 Å². The van der Waals surface area contributed by atoms with Gasteiger partial charge in [0, 0.05) is 6.04 Å². The molecule has 1 N–H and O–H groups in total. The minimum absolute atomic E-state index is 0.0659. The van der Waals surface area contributed by atoms with E-state index in [1.54, 1.807) is 19.2 Å². The molecule has 18 heavy (non-hydrogen) atoms. The van der Waals surface area contributed by atoms with Crippen molar-refractivity contribution in [2.75, 3.05) is 12.8 Å². The van der Waals surface area contributed by atoms with E-state index in [-0.39, 0.29) is 17.2 Å². The van der Waals surface area contributed by atoms with Gasteiger partial charge in [0.15, 0.2) is 9.84 Å². The second-order valence-electron chi connectivity index (χ2n) is 5.80. The summed E-state index contributed by atoms with van der Waals surface area (Å²) < 4.78 is 24.6. The first-order valence-corrected chi connectivity index (χ1v) is 7.79. The second kappa shape index (κ2) is 5.41. The molecule has 0 aliphatic heterocycles. The van der Waals surface area contributed by atoms with E-state index in [1.165, 1.54) is 0 Å². The number of benzene rings is 1. The third-order valence-electron chi connectivity index (χ3n) is 3.16. The van der Waals surface area contributed by atoms with Crippen LogP contribution in [0.1, 0.15) is 26.3 Å². The molecule has 4 heteroatoms. The number of hydrogen-bond acceptors (Lipinski definition) is 3. The van der Waals surface area contributed by atoms with Gasteiger partial charge in [0.25, 0.3) is 0 Å². The van der Waals surface area contributed by atoms with Gasteiger partial charge in [0.05, 0.1) is 10.6 Å². The van der Waals surface area contributed by atoms with Crippen LogP contribution in [0.2, 0.25) is 0 Å². The van der Waals surface area contributed by atoms with E-state index in [4.69, 9.17) is 0 Å².